The van der Waals surface area contributed by atoms with E-state index in [1.165, 1.54) is 0 Å². The van der Waals surface area contributed by atoms with Crippen molar-refractivity contribution in [3.63, 3.8) is 0 Å². The van der Waals surface area contributed by atoms with Gasteiger partial charge in [0.1, 0.15) is 4.90 Å². The lowest BCUT2D eigenvalue weighted by Gasteiger charge is -2.41. The molecule has 2 saturated heterocycles. The van der Waals surface area contributed by atoms with Gasteiger partial charge in [-0.15, -0.1) is 0 Å². The third-order valence-corrected chi connectivity index (χ3v) is 7.28. The van der Waals surface area contributed by atoms with Crippen LogP contribution < -0.4 is 5.32 Å². The molecule has 0 saturated carbocycles. The van der Waals surface area contributed by atoms with Crippen LogP contribution in [0.4, 0.5) is 19.4 Å². The van der Waals surface area contributed by atoms with Gasteiger partial charge in [-0.1, -0.05) is 25.5 Å². The molecule has 0 amide bonds. The lowest BCUT2D eigenvalue weighted by Crippen LogP contribution is -2.53. The van der Waals surface area contributed by atoms with Crippen LogP contribution in [-0.2, 0) is 10.0 Å². The van der Waals surface area contributed by atoms with E-state index in [4.69, 9.17) is 0 Å². The third-order valence-electron chi connectivity index (χ3n) is 4.14. The maximum Gasteiger partial charge on any atom is 0.310 e. The quantitative estimate of drug-likeness (QED) is 0.820. The van der Waals surface area contributed by atoms with E-state index in [0.29, 0.717) is 32.0 Å². The first-order valence-corrected chi connectivity index (χ1v) is 10.3. The SMILES string of the molecule is O=S(=O)(c1cccc(S(F)(F)(F)(F)F)c1)N1C2CCC1CNC2. The zero-order chi connectivity index (χ0) is 17.2. The molecular weight excluding hydrogens is 363 g/mol. The van der Waals surface area contributed by atoms with Gasteiger partial charge >= 0.3 is 10.2 Å². The molecule has 0 radical (unpaired) electrons. The van der Waals surface area contributed by atoms with Crippen molar-refractivity contribution >= 4 is 20.2 Å². The molecule has 0 aliphatic carbocycles. The molecule has 0 aromatic heterocycles. The van der Waals surface area contributed by atoms with Gasteiger partial charge in [0.25, 0.3) is 0 Å². The van der Waals surface area contributed by atoms with E-state index in [9.17, 15) is 27.8 Å². The van der Waals surface area contributed by atoms with Crippen LogP contribution >= 0.6 is 10.2 Å². The predicted octanol–water partition coefficient (Wildman–Crippen LogP) is 3.47. The second-order valence-electron chi connectivity index (χ2n) is 5.82. The molecule has 1 aromatic rings. The fraction of sp³-hybridized carbons (Fsp3) is 0.500. The zero-order valence-corrected chi connectivity index (χ0v) is 13.4. The number of benzene rings is 1. The van der Waals surface area contributed by atoms with Gasteiger partial charge < -0.3 is 5.32 Å². The molecule has 3 rings (SSSR count). The second kappa shape index (κ2) is 4.38. The maximum atomic E-state index is 12.9. The minimum Gasteiger partial charge on any atom is -0.314 e. The fourth-order valence-electron chi connectivity index (χ4n) is 3.13. The molecule has 2 aliphatic rings. The Hall–Kier alpha value is -0.910. The molecule has 4 nitrogen and oxygen atoms in total. The zero-order valence-electron chi connectivity index (χ0n) is 11.8. The summed E-state index contributed by atoms with van der Waals surface area (Å²) in [5.74, 6) is 0. The van der Waals surface area contributed by atoms with Crippen molar-refractivity contribution < 1.29 is 27.8 Å². The summed E-state index contributed by atoms with van der Waals surface area (Å²) in [4.78, 5) is -2.93. The Morgan fingerprint density at radius 2 is 1.61 bits per heavy atom. The molecule has 2 bridgehead atoms. The topological polar surface area (TPSA) is 49.4 Å². The van der Waals surface area contributed by atoms with Crippen LogP contribution in [0, 0.1) is 0 Å². The number of nitrogens with zero attached hydrogens (tertiary/aromatic N) is 1. The summed E-state index contributed by atoms with van der Waals surface area (Å²) in [7, 11) is -14.2. The first kappa shape index (κ1) is 16.9. The molecule has 23 heavy (non-hydrogen) atoms. The first-order chi connectivity index (χ1) is 10.3. The summed E-state index contributed by atoms with van der Waals surface area (Å²) in [5, 5.41) is 3.05. The Labute approximate surface area is 130 Å². The highest BCUT2D eigenvalue weighted by Gasteiger charge is 2.65. The number of halogens is 5. The summed E-state index contributed by atoms with van der Waals surface area (Å²) < 4.78 is 91.0. The summed E-state index contributed by atoms with van der Waals surface area (Å²) >= 11 is 0. The van der Waals surface area contributed by atoms with E-state index < -0.39 is 30.0 Å². The smallest absolute Gasteiger partial charge is 0.310 e. The van der Waals surface area contributed by atoms with Crippen molar-refractivity contribution in [2.24, 2.45) is 0 Å². The number of sulfonamides is 1. The summed E-state index contributed by atoms with van der Waals surface area (Å²) in [5.41, 5.74) is 0. The van der Waals surface area contributed by atoms with E-state index in [2.05, 4.69) is 5.32 Å². The standard InChI is InChI=1S/C12H15F5N2O2S2/c13-23(14,15,16,17)12-3-1-2-11(6-12)22(20,21)19-9-4-5-10(19)8-18-7-9/h1-3,6,9-10,18H,4-5,7-8H2. The van der Waals surface area contributed by atoms with Gasteiger partial charge in [-0.3, -0.25) is 0 Å². The van der Waals surface area contributed by atoms with Gasteiger partial charge in [0, 0.05) is 25.2 Å². The normalized spacial score (nSPS) is 29.1. The summed E-state index contributed by atoms with van der Waals surface area (Å²) in [6, 6.07) is 1.14. The van der Waals surface area contributed by atoms with Crippen LogP contribution in [0.15, 0.2) is 34.1 Å². The highest BCUT2D eigenvalue weighted by molar-refractivity contribution is 8.45. The van der Waals surface area contributed by atoms with Gasteiger partial charge in [-0.05, 0) is 31.0 Å². The Morgan fingerprint density at radius 3 is 2.13 bits per heavy atom. The van der Waals surface area contributed by atoms with Gasteiger partial charge in [0.15, 0.2) is 0 Å². The molecule has 11 heteroatoms. The maximum absolute atomic E-state index is 12.9. The van der Waals surface area contributed by atoms with Crippen LogP contribution in [0.5, 0.6) is 0 Å². The lowest BCUT2D eigenvalue weighted by atomic mass is 10.2. The Kier molecular flexibility index (Phi) is 3.22. The van der Waals surface area contributed by atoms with Gasteiger partial charge in [-0.25, -0.2) is 8.42 Å². The number of nitrogens with one attached hydrogen (secondary N) is 1. The van der Waals surface area contributed by atoms with Gasteiger partial charge in [-0.2, -0.15) is 4.31 Å². The van der Waals surface area contributed by atoms with Crippen LogP contribution in [0.3, 0.4) is 0 Å². The molecule has 2 heterocycles. The molecule has 1 N–H and O–H groups in total. The average molecular weight is 378 g/mol. The number of hydrogen-bond acceptors (Lipinski definition) is 3. The molecule has 0 spiro atoms. The van der Waals surface area contributed by atoms with Gasteiger partial charge in [0.05, 0.1) is 4.90 Å². The van der Waals surface area contributed by atoms with E-state index in [1.807, 2.05) is 0 Å². The van der Waals surface area contributed by atoms with E-state index >= 15 is 0 Å². The number of fused-ring (bicyclic) bond motifs is 2. The largest absolute Gasteiger partial charge is 0.314 e. The van der Waals surface area contributed by atoms with Crippen LogP contribution in [0.2, 0.25) is 0 Å². The highest BCUT2D eigenvalue weighted by atomic mass is 32.5. The average Bonchev–Trinajstić information content (AvgIpc) is 2.68. The number of hydrogen-bond donors (Lipinski definition) is 1. The number of rotatable bonds is 3. The summed E-state index contributed by atoms with van der Waals surface area (Å²) in [6.07, 6.45) is 1.19. The molecule has 2 aliphatic heterocycles. The molecule has 2 unspecified atom stereocenters. The molecule has 132 valence electrons. The second-order valence-corrected chi connectivity index (χ2v) is 10.1. The minimum atomic E-state index is -9.92. The first-order valence-electron chi connectivity index (χ1n) is 6.87. The van der Waals surface area contributed by atoms with Crippen molar-refractivity contribution in [1.82, 2.24) is 9.62 Å². The lowest BCUT2D eigenvalue weighted by molar-refractivity contribution is 0.263. The monoisotopic (exact) mass is 378 g/mol. The van der Waals surface area contributed by atoms with Crippen molar-refractivity contribution in [3.05, 3.63) is 24.3 Å². The van der Waals surface area contributed by atoms with Crippen LogP contribution in [0.1, 0.15) is 12.8 Å². The Morgan fingerprint density at radius 1 is 1.04 bits per heavy atom. The van der Waals surface area contributed by atoms with Crippen LogP contribution in [-0.4, -0.2) is 37.9 Å². The van der Waals surface area contributed by atoms with E-state index in [-0.39, 0.29) is 24.2 Å². The molecular formula is C12H15F5N2O2S2. The molecule has 2 atom stereocenters. The van der Waals surface area contributed by atoms with Gasteiger partial charge in [0.2, 0.25) is 10.0 Å². The fourth-order valence-corrected chi connectivity index (χ4v) is 5.80. The number of piperazine rings is 1. The Bertz CT molecular complexity index is 735. The van der Waals surface area contributed by atoms with Crippen molar-refractivity contribution in [3.8, 4) is 0 Å². The molecule has 2 fully saturated rings. The highest BCUT2D eigenvalue weighted by Crippen LogP contribution is 3.02. The minimum absolute atomic E-state index is 0.0400. The molecule has 1 aromatic carbocycles. The Balaban J connectivity index is 2.06. The van der Waals surface area contributed by atoms with Crippen molar-refractivity contribution in [2.75, 3.05) is 13.1 Å². The third kappa shape index (κ3) is 3.06. The van der Waals surface area contributed by atoms with Crippen LogP contribution in [0.25, 0.3) is 0 Å². The van der Waals surface area contributed by atoms with E-state index in [1.54, 1.807) is 0 Å². The van der Waals surface area contributed by atoms with Crippen molar-refractivity contribution in [2.45, 2.75) is 34.7 Å². The predicted molar refractivity (Wildman–Crippen MR) is 76.5 cm³/mol. The van der Waals surface area contributed by atoms with E-state index in [0.717, 1.165) is 10.4 Å². The van der Waals surface area contributed by atoms with Crippen molar-refractivity contribution in [1.29, 1.82) is 0 Å². The summed E-state index contributed by atoms with van der Waals surface area (Å²) in [6.45, 7) is 0.800.